The van der Waals surface area contributed by atoms with E-state index in [-0.39, 0.29) is 11.8 Å². The Balaban J connectivity index is 1.68. The predicted octanol–water partition coefficient (Wildman–Crippen LogP) is 1.49. The maximum absolute atomic E-state index is 13.0. The van der Waals surface area contributed by atoms with E-state index in [0.29, 0.717) is 49.7 Å². The molecule has 2 aromatic rings. The number of benzene rings is 1. The Labute approximate surface area is 165 Å². The Morgan fingerprint density at radius 1 is 1.29 bits per heavy atom. The van der Waals surface area contributed by atoms with Crippen LogP contribution in [0.4, 0.5) is 0 Å². The highest BCUT2D eigenvalue weighted by molar-refractivity contribution is 5.95. The van der Waals surface area contributed by atoms with E-state index in [1.54, 1.807) is 36.4 Å². The van der Waals surface area contributed by atoms with Crippen LogP contribution in [0.5, 0.6) is 11.5 Å². The lowest BCUT2D eigenvalue weighted by molar-refractivity contribution is 0.0764. The summed E-state index contributed by atoms with van der Waals surface area (Å²) in [6.45, 7) is 1.79. The molecule has 1 fully saturated rings. The molecule has 0 spiro atoms. The van der Waals surface area contributed by atoms with Crippen molar-refractivity contribution in [3.8, 4) is 11.5 Å². The quantitative estimate of drug-likeness (QED) is 0.668. The van der Waals surface area contributed by atoms with Gasteiger partial charge in [0.05, 0.1) is 19.8 Å². The number of rotatable bonds is 8. The van der Waals surface area contributed by atoms with Gasteiger partial charge in [-0.1, -0.05) is 6.07 Å². The van der Waals surface area contributed by atoms with Crippen LogP contribution >= 0.6 is 0 Å². The van der Waals surface area contributed by atoms with Gasteiger partial charge < -0.3 is 25.2 Å². The molecule has 28 heavy (non-hydrogen) atoms. The van der Waals surface area contributed by atoms with Gasteiger partial charge in [0.1, 0.15) is 0 Å². The number of β-amino-alcohol motifs (C(OH)–C–C–N with tert-alkyl or cyclic N) is 1. The third kappa shape index (κ3) is 4.79. The summed E-state index contributed by atoms with van der Waals surface area (Å²) < 4.78 is 11.0. The molecule has 7 nitrogen and oxygen atoms in total. The van der Waals surface area contributed by atoms with E-state index in [9.17, 15) is 9.90 Å². The van der Waals surface area contributed by atoms with Crippen molar-refractivity contribution in [1.29, 1.82) is 0 Å². The highest BCUT2D eigenvalue weighted by Crippen LogP contribution is 2.30. The summed E-state index contributed by atoms with van der Waals surface area (Å²) in [6.07, 6.45) is 2.53. The number of ether oxygens (including phenoxy) is 2. The second kappa shape index (κ2) is 9.52. The van der Waals surface area contributed by atoms with Gasteiger partial charge in [-0.3, -0.25) is 9.78 Å². The van der Waals surface area contributed by atoms with Gasteiger partial charge in [0.15, 0.2) is 11.5 Å². The van der Waals surface area contributed by atoms with E-state index in [2.05, 4.69) is 4.98 Å². The van der Waals surface area contributed by atoms with Crippen molar-refractivity contribution in [2.75, 3.05) is 33.4 Å². The van der Waals surface area contributed by atoms with Crippen LogP contribution in [0.25, 0.3) is 0 Å². The van der Waals surface area contributed by atoms with Crippen molar-refractivity contribution >= 4 is 5.91 Å². The maximum Gasteiger partial charge on any atom is 0.254 e. The maximum atomic E-state index is 13.0. The minimum atomic E-state index is -0.565. The zero-order valence-electron chi connectivity index (χ0n) is 16.1. The van der Waals surface area contributed by atoms with Crippen LogP contribution in [-0.2, 0) is 6.42 Å². The zero-order chi connectivity index (χ0) is 19.9. The number of methoxy groups -OCH3 is 1. The summed E-state index contributed by atoms with van der Waals surface area (Å²) in [6, 6.07) is 10.9. The molecular weight excluding hydrogens is 358 g/mol. The lowest BCUT2D eigenvalue weighted by Crippen LogP contribution is -2.29. The fourth-order valence-corrected chi connectivity index (χ4v) is 3.38. The van der Waals surface area contributed by atoms with E-state index >= 15 is 0 Å². The Bertz CT molecular complexity index is 784. The number of nitrogens with zero attached hydrogens (tertiary/aromatic N) is 2. The molecule has 1 aromatic heterocycles. The predicted molar refractivity (Wildman–Crippen MR) is 106 cm³/mol. The summed E-state index contributed by atoms with van der Waals surface area (Å²) >= 11 is 0. The number of aromatic nitrogens is 1. The number of hydrogen-bond acceptors (Lipinski definition) is 6. The first-order chi connectivity index (χ1) is 13.6. The van der Waals surface area contributed by atoms with Crippen LogP contribution in [0.3, 0.4) is 0 Å². The third-order valence-electron chi connectivity index (χ3n) is 4.91. The van der Waals surface area contributed by atoms with Gasteiger partial charge in [-0.05, 0) is 49.7 Å². The van der Waals surface area contributed by atoms with Crippen LogP contribution in [-0.4, -0.2) is 60.4 Å². The van der Waals surface area contributed by atoms with Crippen LogP contribution in [0.1, 0.15) is 22.5 Å². The Morgan fingerprint density at radius 3 is 2.86 bits per heavy atom. The molecule has 1 saturated heterocycles. The smallest absolute Gasteiger partial charge is 0.254 e. The lowest BCUT2D eigenvalue weighted by Gasteiger charge is -2.18. The third-order valence-corrected chi connectivity index (χ3v) is 4.91. The van der Waals surface area contributed by atoms with Gasteiger partial charge in [0.2, 0.25) is 0 Å². The van der Waals surface area contributed by atoms with Crippen molar-refractivity contribution in [3.63, 3.8) is 0 Å². The molecule has 2 heterocycles. The van der Waals surface area contributed by atoms with Crippen molar-refractivity contribution in [3.05, 3.63) is 53.9 Å². The number of nitrogens with two attached hydrogens (primary N) is 1. The number of carbonyl (C=O) groups excluding carboxylic acids is 1. The molecule has 3 N–H and O–H groups in total. The molecule has 1 aliphatic heterocycles. The lowest BCUT2D eigenvalue weighted by atomic mass is 10.00. The molecule has 0 aliphatic carbocycles. The van der Waals surface area contributed by atoms with Gasteiger partial charge in [-0.15, -0.1) is 0 Å². The Kier molecular flexibility index (Phi) is 6.84. The van der Waals surface area contributed by atoms with Crippen molar-refractivity contribution in [2.24, 2.45) is 11.7 Å². The monoisotopic (exact) mass is 385 g/mol. The zero-order valence-corrected chi connectivity index (χ0v) is 16.1. The normalized spacial score (nSPS) is 18.9. The number of pyridine rings is 1. The number of aliphatic hydroxyl groups is 1. The highest BCUT2D eigenvalue weighted by Gasteiger charge is 2.34. The standard InChI is InChI=1S/C21H27N3O4/c1-27-19-7-6-15(12-20(19)28-10-4-8-22)21(26)24-13-16(18(25)14-24)11-17-5-2-3-9-23-17/h2-3,5-7,9,12,16,18,25H,4,8,10-11,13-14,22H2,1H3/t16-,18-/m1/s1. The minimum Gasteiger partial charge on any atom is -0.493 e. The number of carbonyl (C=O) groups is 1. The van der Waals surface area contributed by atoms with Crippen LogP contribution < -0.4 is 15.2 Å². The number of amides is 1. The van der Waals surface area contributed by atoms with E-state index in [1.165, 1.54) is 0 Å². The average molecular weight is 385 g/mol. The average Bonchev–Trinajstić information content (AvgIpc) is 3.08. The summed E-state index contributed by atoms with van der Waals surface area (Å²) in [5, 5.41) is 10.4. The fraction of sp³-hybridized carbons (Fsp3) is 0.429. The molecule has 1 aromatic carbocycles. The second-order valence-corrected chi connectivity index (χ2v) is 6.92. The molecule has 0 bridgehead atoms. The summed E-state index contributed by atoms with van der Waals surface area (Å²) in [5.74, 6) is 0.931. The molecule has 2 atom stereocenters. The SMILES string of the molecule is COc1ccc(C(=O)N2C[C@@H](Cc3ccccn3)[C@H](O)C2)cc1OCCCN. The molecule has 0 unspecified atom stereocenters. The van der Waals surface area contributed by atoms with Gasteiger partial charge in [-0.25, -0.2) is 0 Å². The first-order valence-electron chi connectivity index (χ1n) is 9.50. The van der Waals surface area contributed by atoms with Crippen molar-refractivity contribution in [1.82, 2.24) is 9.88 Å². The van der Waals surface area contributed by atoms with Gasteiger partial charge in [0.25, 0.3) is 5.91 Å². The van der Waals surface area contributed by atoms with Crippen LogP contribution in [0.15, 0.2) is 42.6 Å². The second-order valence-electron chi connectivity index (χ2n) is 6.92. The van der Waals surface area contributed by atoms with Gasteiger partial charge >= 0.3 is 0 Å². The van der Waals surface area contributed by atoms with Crippen LogP contribution in [0, 0.1) is 5.92 Å². The molecule has 1 aliphatic rings. The molecule has 7 heteroatoms. The van der Waals surface area contributed by atoms with E-state index in [0.717, 1.165) is 12.1 Å². The minimum absolute atomic E-state index is 0.0302. The fourth-order valence-electron chi connectivity index (χ4n) is 3.38. The molecule has 3 rings (SSSR count). The van der Waals surface area contributed by atoms with E-state index in [1.807, 2.05) is 18.2 Å². The summed E-state index contributed by atoms with van der Waals surface area (Å²) in [4.78, 5) is 19.0. The molecule has 0 radical (unpaired) electrons. The summed E-state index contributed by atoms with van der Waals surface area (Å²) in [7, 11) is 1.56. The van der Waals surface area contributed by atoms with Crippen molar-refractivity contribution < 1.29 is 19.4 Å². The number of aliphatic hydroxyl groups excluding tert-OH is 1. The van der Waals surface area contributed by atoms with E-state index < -0.39 is 6.10 Å². The van der Waals surface area contributed by atoms with Crippen LogP contribution in [0.2, 0.25) is 0 Å². The molecule has 150 valence electrons. The molecule has 0 saturated carbocycles. The molecule has 1 amide bonds. The first-order valence-corrected chi connectivity index (χ1v) is 9.50. The summed E-state index contributed by atoms with van der Waals surface area (Å²) in [5.41, 5.74) is 6.93. The number of hydrogen-bond donors (Lipinski definition) is 2. The largest absolute Gasteiger partial charge is 0.493 e. The topological polar surface area (TPSA) is 97.9 Å². The van der Waals surface area contributed by atoms with Gasteiger partial charge in [0, 0.05) is 36.5 Å². The Hall–Kier alpha value is -2.64. The van der Waals surface area contributed by atoms with E-state index in [4.69, 9.17) is 15.2 Å². The van der Waals surface area contributed by atoms with Gasteiger partial charge in [-0.2, -0.15) is 0 Å². The highest BCUT2D eigenvalue weighted by atomic mass is 16.5. The van der Waals surface area contributed by atoms with Crippen molar-refractivity contribution in [2.45, 2.75) is 18.9 Å². The first kappa shape index (κ1) is 20.1. The number of likely N-dealkylation sites (tertiary alicyclic amines) is 1. The molecular formula is C21H27N3O4. The Morgan fingerprint density at radius 2 is 2.14 bits per heavy atom.